The molecule has 0 aliphatic heterocycles. The number of hydrogen-bond donors (Lipinski definition) is 0. The molecule has 0 aliphatic rings. The van der Waals surface area contributed by atoms with Gasteiger partial charge in [0.15, 0.2) is 5.58 Å². The molecule has 1 nitrogen and oxygen atoms in total. The summed E-state index contributed by atoms with van der Waals surface area (Å²) < 4.78 is 5.64. The third kappa shape index (κ3) is 1.69. The first-order valence-corrected chi connectivity index (χ1v) is 6.24. The van der Waals surface area contributed by atoms with Gasteiger partial charge in [0, 0.05) is 15.8 Å². The third-order valence-electron chi connectivity index (χ3n) is 2.55. The molecule has 2 aromatic carbocycles. The Kier molecular flexibility index (Phi) is 2.68. The van der Waals surface area contributed by atoms with Crippen molar-refractivity contribution in [3.63, 3.8) is 0 Å². The second-order valence-electron chi connectivity index (χ2n) is 3.60. The molecule has 0 saturated heterocycles. The average molecular weight is 306 g/mol. The van der Waals surface area contributed by atoms with Crippen molar-refractivity contribution in [2.75, 3.05) is 0 Å². The predicted molar refractivity (Wildman–Crippen MR) is 73.8 cm³/mol. The molecule has 1 aromatic heterocycles. The summed E-state index contributed by atoms with van der Waals surface area (Å²) in [6.45, 7) is 0. The zero-order valence-corrected chi connectivity index (χ0v) is 11.3. The molecule has 3 aromatic rings. The molecule has 0 amide bonds. The fraction of sp³-hybridized carbons (Fsp3) is 0. The molecule has 0 fully saturated rings. The lowest BCUT2D eigenvalue weighted by Gasteiger charge is -1.97. The van der Waals surface area contributed by atoms with Gasteiger partial charge < -0.3 is 4.42 Å². The summed E-state index contributed by atoms with van der Waals surface area (Å²) in [5.74, 6) is 0. The van der Waals surface area contributed by atoms with Crippen molar-refractivity contribution in [1.82, 2.24) is 0 Å². The minimum absolute atomic E-state index is 0.446. The van der Waals surface area contributed by atoms with Gasteiger partial charge in [-0.15, -0.1) is 0 Å². The zero-order chi connectivity index (χ0) is 12.2. The van der Waals surface area contributed by atoms with Gasteiger partial charge in [-0.1, -0.05) is 46.4 Å². The van der Waals surface area contributed by atoms with E-state index in [-0.39, 0.29) is 0 Å². The van der Waals surface area contributed by atoms with Crippen LogP contribution in [0.15, 0.2) is 28.7 Å². The molecule has 5 heteroatoms. The molecular weight excluding hydrogens is 302 g/mol. The Labute approximate surface area is 117 Å². The van der Waals surface area contributed by atoms with Crippen molar-refractivity contribution in [1.29, 1.82) is 0 Å². The molecule has 3 rings (SSSR count). The van der Waals surface area contributed by atoms with Gasteiger partial charge in [0.05, 0.1) is 15.1 Å². The Balaban J connectivity index is 2.62. The van der Waals surface area contributed by atoms with Crippen LogP contribution < -0.4 is 0 Å². The molecular formula is C12H4Cl4O. The fourth-order valence-electron chi connectivity index (χ4n) is 1.83. The van der Waals surface area contributed by atoms with Gasteiger partial charge in [0.1, 0.15) is 5.58 Å². The first-order valence-electron chi connectivity index (χ1n) is 4.73. The largest absolute Gasteiger partial charge is 0.454 e. The lowest BCUT2D eigenvalue weighted by atomic mass is 10.1. The average Bonchev–Trinajstić information content (AvgIpc) is 2.63. The van der Waals surface area contributed by atoms with Crippen LogP contribution in [0.25, 0.3) is 21.9 Å². The van der Waals surface area contributed by atoms with E-state index in [4.69, 9.17) is 50.8 Å². The lowest BCUT2D eigenvalue weighted by Crippen LogP contribution is -1.72. The molecule has 0 aliphatic carbocycles. The van der Waals surface area contributed by atoms with Crippen molar-refractivity contribution in [2.45, 2.75) is 0 Å². The summed E-state index contributed by atoms with van der Waals surface area (Å²) in [5.41, 5.74) is 1.20. The molecule has 0 radical (unpaired) electrons. The van der Waals surface area contributed by atoms with Crippen LogP contribution in [-0.2, 0) is 0 Å². The maximum absolute atomic E-state index is 6.17. The van der Waals surface area contributed by atoms with E-state index in [9.17, 15) is 0 Å². The highest BCUT2D eigenvalue weighted by Gasteiger charge is 2.15. The molecule has 0 atom stereocenters. The minimum Gasteiger partial charge on any atom is -0.454 e. The summed E-state index contributed by atoms with van der Waals surface area (Å²) in [5, 5.41) is 3.40. The van der Waals surface area contributed by atoms with Crippen molar-refractivity contribution in [3.8, 4) is 0 Å². The number of furan rings is 1. The van der Waals surface area contributed by atoms with E-state index in [1.54, 1.807) is 24.3 Å². The second-order valence-corrected chi connectivity index (χ2v) is 5.23. The molecule has 0 bridgehead atoms. The van der Waals surface area contributed by atoms with E-state index in [1.165, 1.54) is 0 Å². The molecule has 0 unspecified atom stereocenters. The Hall–Kier alpha value is -0.600. The molecule has 1 heterocycles. The molecule has 0 spiro atoms. The quantitative estimate of drug-likeness (QED) is 0.482. The first-order chi connectivity index (χ1) is 8.08. The summed E-state index contributed by atoms with van der Waals surface area (Å²) in [4.78, 5) is 0. The topological polar surface area (TPSA) is 13.1 Å². The summed E-state index contributed by atoms with van der Waals surface area (Å²) in [7, 11) is 0. The van der Waals surface area contributed by atoms with Gasteiger partial charge in [-0.2, -0.15) is 0 Å². The predicted octanol–water partition coefficient (Wildman–Crippen LogP) is 6.20. The first kappa shape index (κ1) is 11.5. The van der Waals surface area contributed by atoms with E-state index in [2.05, 4.69) is 0 Å². The van der Waals surface area contributed by atoms with Gasteiger partial charge >= 0.3 is 0 Å². The summed E-state index contributed by atoms with van der Waals surface area (Å²) in [6, 6.07) is 6.83. The van der Waals surface area contributed by atoms with Crippen molar-refractivity contribution in [2.24, 2.45) is 0 Å². The third-order valence-corrected chi connectivity index (χ3v) is 3.85. The number of benzene rings is 2. The van der Waals surface area contributed by atoms with Crippen LogP contribution in [-0.4, -0.2) is 0 Å². The van der Waals surface area contributed by atoms with Crippen molar-refractivity contribution < 1.29 is 4.42 Å². The smallest absolute Gasteiger partial charge is 0.154 e. The number of halogens is 4. The molecule has 0 N–H and O–H groups in total. The zero-order valence-electron chi connectivity index (χ0n) is 8.23. The van der Waals surface area contributed by atoms with Crippen LogP contribution >= 0.6 is 46.4 Å². The Bertz CT molecular complexity index is 745. The van der Waals surface area contributed by atoms with Gasteiger partial charge in [-0.3, -0.25) is 0 Å². The molecule has 17 heavy (non-hydrogen) atoms. The van der Waals surface area contributed by atoms with E-state index < -0.39 is 0 Å². The van der Waals surface area contributed by atoms with Crippen LogP contribution in [0.1, 0.15) is 0 Å². The fourth-order valence-corrected chi connectivity index (χ4v) is 2.78. The van der Waals surface area contributed by atoms with Crippen LogP contribution in [0.5, 0.6) is 0 Å². The van der Waals surface area contributed by atoms with E-state index in [1.807, 2.05) is 0 Å². The van der Waals surface area contributed by atoms with Crippen molar-refractivity contribution >= 4 is 68.3 Å². The Morgan fingerprint density at radius 2 is 1.65 bits per heavy atom. The van der Waals surface area contributed by atoms with Gasteiger partial charge in [-0.25, -0.2) is 0 Å². The highest BCUT2D eigenvalue weighted by atomic mass is 35.5. The van der Waals surface area contributed by atoms with Crippen LogP contribution in [0.4, 0.5) is 0 Å². The van der Waals surface area contributed by atoms with Gasteiger partial charge in [-0.05, 0) is 24.3 Å². The summed E-state index contributed by atoms with van der Waals surface area (Å²) >= 11 is 24.2. The number of fused-ring (bicyclic) bond motifs is 3. The Morgan fingerprint density at radius 3 is 2.41 bits per heavy atom. The highest BCUT2D eigenvalue weighted by Crippen LogP contribution is 2.41. The van der Waals surface area contributed by atoms with Crippen LogP contribution in [0.3, 0.4) is 0 Å². The number of hydrogen-bond acceptors (Lipinski definition) is 1. The monoisotopic (exact) mass is 304 g/mol. The van der Waals surface area contributed by atoms with Crippen LogP contribution in [0.2, 0.25) is 20.1 Å². The maximum atomic E-state index is 6.17. The standard InChI is InChI=1S/C12H4Cl4O/c13-5-3-6-10-9(2-1-7(14)11(10)16)17-12(6)8(15)4-5/h1-4H. The number of rotatable bonds is 0. The van der Waals surface area contributed by atoms with Gasteiger partial charge in [0.25, 0.3) is 0 Å². The molecule has 86 valence electrons. The normalized spacial score (nSPS) is 11.5. The van der Waals surface area contributed by atoms with E-state index in [0.29, 0.717) is 31.3 Å². The Morgan fingerprint density at radius 1 is 0.882 bits per heavy atom. The van der Waals surface area contributed by atoms with Gasteiger partial charge in [0.2, 0.25) is 0 Å². The van der Waals surface area contributed by atoms with Crippen LogP contribution in [0, 0.1) is 0 Å². The molecule has 0 saturated carbocycles. The van der Waals surface area contributed by atoms with Crippen molar-refractivity contribution in [3.05, 3.63) is 44.4 Å². The van der Waals surface area contributed by atoms with E-state index in [0.717, 1.165) is 10.8 Å². The minimum atomic E-state index is 0.446. The highest BCUT2D eigenvalue weighted by molar-refractivity contribution is 6.47. The SMILES string of the molecule is Clc1cc(Cl)c2oc3ccc(Cl)c(Cl)c3c2c1. The second kappa shape index (κ2) is 3.96. The maximum Gasteiger partial charge on any atom is 0.154 e. The van der Waals surface area contributed by atoms with E-state index >= 15 is 0 Å². The lowest BCUT2D eigenvalue weighted by molar-refractivity contribution is 0.669. The summed E-state index contributed by atoms with van der Waals surface area (Å²) in [6.07, 6.45) is 0.